The summed E-state index contributed by atoms with van der Waals surface area (Å²) in [4.78, 5) is 21.1. The molecule has 0 bridgehead atoms. The van der Waals surface area contributed by atoms with Crippen molar-refractivity contribution in [3.63, 3.8) is 0 Å². The standard InChI is InChI=1S/C10H10O5/c1-6(11)15-5-7-2-3-8(10(13)14)9(12)4-7/h2-4,12H,5H2,1H3,(H,13,14). The third-order valence-corrected chi connectivity index (χ3v) is 1.73. The van der Waals surface area contributed by atoms with Crippen LogP contribution in [0.3, 0.4) is 0 Å². The van der Waals surface area contributed by atoms with E-state index in [2.05, 4.69) is 4.74 Å². The molecule has 5 nitrogen and oxygen atoms in total. The Hall–Kier alpha value is -2.04. The average molecular weight is 210 g/mol. The second kappa shape index (κ2) is 4.45. The Bertz CT molecular complexity index is 397. The van der Waals surface area contributed by atoms with E-state index in [0.717, 1.165) is 0 Å². The summed E-state index contributed by atoms with van der Waals surface area (Å²) in [5, 5.41) is 17.9. The van der Waals surface area contributed by atoms with Crippen molar-refractivity contribution in [1.82, 2.24) is 0 Å². The molecule has 0 amide bonds. The summed E-state index contributed by atoms with van der Waals surface area (Å²) in [6.07, 6.45) is 0. The second-order valence-corrected chi connectivity index (χ2v) is 2.94. The van der Waals surface area contributed by atoms with Gasteiger partial charge in [0.25, 0.3) is 0 Å². The van der Waals surface area contributed by atoms with Crippen LogP contribution in [0, 0.1) is 0 Å². The van der Waals surface area contributed by atoms with Gasteiger partial charge in [-0.05, 0) is 17.7 Å². The SMILES string of the molecule is CC(=O)OCc1ccc(C(=O)O)c(O)c1. The highest BCUT2D eigenvalue weighted by Crippen LogP contribution is 2.19. The summed E-state index contributed by atoms with van der Waals surface area (Å²) in [6, 6.07) is 4.00. The number of phenols is 1. The van der Waals surface area contributed by atoms with Gasteiger partial charge in [0, 0.05) is 6.92 Å². The molecule has 0 unspecified atom stereocenters. The number of carboxylic acid groups (broad SMARTS) is 1. The smallest absolute Gasteiger partial charge is 0.339 e. The van der Waals surface area contributed by atoms with E-state index in [4.69, 9.17) is 5.11 Å². The van der Waals surface area contributed by atoms with Crippen molar-refractivity contribution >= 4 is 11.9 Å². The summed E-state index contributed by atoms with van der Waals surface area (Å²) in [5.41, 5.74) is 0.356. The maximum absolute atomic E-state index is 10.6. The summed E-state index contributed by atoms with van der Waals surface area (Å²) >= 11 is 0. The van der Waals surface area contributed by atoms with Gasteiger partial charge in [0.05, 0.1) is 0 Å². The molecule has 5 heteroatoms. The Labute approximate surface area is 85.9 Å². The first kappa shape index (κ1) is 11.0. The monoisotopic (exact) mass is 210 g/mol. The number of aromatic hydroxyl groups is 1. The van der Waals surface area contributed by atoms with Crippen molar-refractivity contribution in [3.05, 3.63) is 29.3 Å². The Balaban J connectivity index is 2.82. The number of hydrogen-bond donors (Lipinski definition) is 2. The lowest BCUT2D eigenvalue weighted by Gasteiger charge is -2.04. The maximum Gasteiger partial charge on any atom is 0.339 e. The summed E-state index contributed by atoms with van der Waals surface area (Å²) < 4.78 is 4.69. The van der Waals surface area contributed by atoms with Crippen molar-refractivity contribution in [2.75, 3.05) is 0 Å². The minimum Gasteiger partial charge on any atom is -0.507 e. The number of benzene rings is 1. The second-order valence-electron chi connectivity index (χ2n) is 2.94. The number of hydrogen-bond acceptors (Lipinski definition) is 4. The minimum absolute atomic E-state index is 0.0167. The molecule has 0 saturated carbocycles. The van der Waals surface area contributed by atoms with E-state index in [1.54, 1.807) is 0 Å². The van der Waals surface area contributed by atoms with Crippen LogP contribution in [0.2, 0.25) is 0 Å². The zero-order valence-electron chi connectivity index (χ0n) is 8.06. The van der Waals surface area contributed by atoms with Gasteiger partial charge in [-0.3, -0.25) is 4.79 Å². The molecule has 0 aliphatic rings. The average Bonchev–Trinajstić information content (AvgIpc) is 2.14. The predicted molar refractivity (Wildman–Crippen MR) is 50.5 cm³/mol. The highest BCUT2D eigenvalue weighted by atomic mass is 16.5. The van der Waals surface area contributed by atoms with Crippen molar-refractivity contribution in [2.45, 2.75) is 13.5 Å². The minimum atomic E-state index is -1.20. The van der Waals surface area contributed by atoms with E-state index in [1.165, 1.54) is 25.1 Å². The number of carbonyl (C=O) groups is 2. The van der Waals surface area contributed by atoms with Crippen molar-refractivity contribution in [3.8, 4) is 5.75 Å². The highest BCUT2D eigenvalue weighted by molar-refractivity contribution is 5.90. The van der Waals surface area contributed by atoms with E-state index < -0.39 is 11.9 Å². The van der Waals surface area contributed by atoms with Gasteiger partial charge in [0.2, 0.25) is 0 Å². The molecule has 0 radical (unpaired) electrons. The molecule has 0 atom stereocenters. The molecule has 1 rings (SSSR count). The molecule has 15 heavy (non-hydrogen) atoms. The quantitative estimate of drug-likeness (QED) is 0.731. The lowest BCUT2D eigenvalue weighted by molar-refractivity contribution is -0.142. The Morgan fingerprint density at radius 1 is 1.40 bits per heavy atom. The van der Waals surface area contributed by atoms with E-state index in [-0.39, 0.29) is 17.9 Å². The van der Waals surface area contributed by atoms with Crippen LogP contribution in [-0.4, -0.2) is 22.2 Å². The fraction of sp³-hybridized carbons (Fsp3) is 0.200. The van der Waals surface area contributed by atoms with Gasteiger partial charge in [0.1, 0.15) is 17.9 Å². The molecule has 80 valence electrons. The molecule has 0 spiro atoms. The van der Waals surface area contributed by atoms with Crippen molar-refractivity contribution < 1.29 is 24.5 Å². The number of aromatic carboxylic acids is 1. The fourth-order valence-corrected chi connectivity index (χ4v) is 1.03. The van der Waals surface area contributed by atoms with Gasteiger partial charge >= 0.3 is 11.9 Å². The Morgan fingerprint density at radius 2 is 2.07 bits per heavy atom. The van der Waals surface area contributed by atoms with Crippen LogP contribution in [0.4, 0.5) is 0 Å². The number of carbonyl (C=O) groups excluding carboxylic acids is 1. The first-order valence-electron chi connectivity index (χ1n) is 4.19. The van der Waals surface area contributed by atoms with Gasteiger partial charge in [-0.1, -0.05) is 6.07 Å². The summed E-state index contributed by atoms with van der Waals surface area (Å²) in [5.74, 6) is -1.98. The largest absolute Gasteiger partial charge is 0.507 e. The van der Waals surface area contributed by atoms with E-state index in [9.17, 15) is 14.7 Å². The molecule has 0 heterocycles. The topological polar surface area (TPSA) is 83.8 Å². The molecule has 2 N–H and O–H groups in total. The molecular formula is C10H10O5. The normalized spacial score (nSPS) is 9.67. The number of ether oxygens (including phenoxy) is 1. The Kier molecular flexibility index (Phi) is 3.28. The summed E-state index contributed by atoms with van der Waals surface area (Å²) in [7, 11) is 0. The summed E-state index contributed by atoms with van der Waals surface area (Å²) in [6.45, 7) is 1.29. The van der Waals surface area contributed by atoms with E-state index >= 15 is 0 Å². The van der Waals surface area contributed by atoms with Gasteiger partial charge in [-0.25, -0.2) is 4.79 Å². The molecule has 0 aliphatic heterocycles. The van der Waals surface area contributed by atoms with Crippen LogP contribution >= 0.6 is 0 Å². The third kappa shape index (κ3) is 2.98. The molecule has 1 aromatic carbocycles. The molecular weight excluding hydrogens is 200 g/mol. The molecule has 0 aliphatic carbocycles. The molecule has 0 saturated heterocycles. The molecule has 1 aromatic rings. The zero-order valence-corrected chi connectivity index (χ0v) is 8.06. The van der Waals surface area contributed by atoms with Crippen molar-refractivity contribution in [1.29, 1.82) is 0 Å². The lowest BCUT2D eigenvalue weighted by Crippen LogP contribution is -2.01. The van der Waals surface area contributed by atoms with Gasteiger partial charge in [-0.2, -0.15) is 0 Å². The first-order valence-corrected chi connectivity index (χ1v) is 4.19. The zero-order chi connectivity index (χ0) is 11.4. The van der Waals surface area contributed by atoms with Crippen molar-refractivity contribution in [2.24, 2.45) is 0 Å². The molecule has 0 fully saturated rings. The van der Waals surface area contributed by atoms with Crippen LogP contribution in [0.15, 0.2) is 18.2 Å². The first-order chi connectivity index (χ1) is 7.00. The van der Waals surface area contributed by atoms with Crippen LogP contribution < -0.4 is 0 Å². The van der Waals surface area contributed by atoms with Gasteiger partial charge in [-0.15, -0.1) is 0 Å². The number of rotatable bonds is 3. The van der Waals surface area contributed by atoms with E-state index in [1.807, 2.05) is 0 Å². The number of carboxylic acids is 1. The van der Waals surface area contributed by atoms with E-state index in [0.29, 0.717) is 5.56 Å². The van der Waals surface area contributed by atoms with Gasteiger partial charge in [0.15, 0.2) is 0 Å². The highest BCUT2D eigenvalue weighted by Gasteiger charge is 2.09. The lowest BCUT2D eigenvalue weighted by atomic mass is 10.1. The molecule has 0 aromatic heterocycles. The predicted octanol–water partition coefficient (Wildman–Crippen LogP) is 1.15. The third-order valence-electron chi connectivity index (χ3n) is 1.73. The maximum atomic E-state index is 10.6. The van der Waals surface area contributed by atoms with Crippen LogP contribution in [-0.2, 0) is 16.1 Å². The number of esters is 1. The van der Waals surface area contributed by atoms with Crippen LogP contribution in [0.25, 0.3) is 0 Å². The van der Waals surface area contributed by atoms with Crippen LogP contribution in [0.1, 0.15) is 22.8 Å². The fourth-order valence-electron chi connectivity index (χ4n) is 1.03. The van der Waals surface area contributed by atoms with Gasteiger partial charge < -0.3 is 14.9 Å². The van der Waals surface area contributed by atoms with Crippen LogP contribution in [0.5, 0.6) is 5.75 Å². The Morgan fingerprint density at radius 3 is 2.53 bits per heavy atom.